The first-order chi connectivity index (χ1) is 12.2. The van der Waals surface area contributed by atoms with Crippen molar-refractivity contribution in [3.05, 3.63) is 47.1 Å². The normalized spacial score (nSPS) is 37.0. The SMILES string of the molecule is C=C1C(=O)O[C@@H]2/C=C(/C)[C@@H](O)C/C=C(/C)[C@@H](O)[C@@H](OC(=O)/C(C)=C\C)[C@@H]12. The molecule has 2 aliphatic rings. The standard InChI is InChI=1S/C20H26O6/c1-6-10(2)19(23)26-18-16-13(5)20(24)25-15(16)9-12(4)14(21)8-7-11(3)17(18)22/h6-7,9,14-18,21-22H,5,8H2,1-4H3/b10-6-,11-7-,12-9-/t14-,15+,16-,17+,18-/m0/s1. The molecule has 0 aromatic heterocycles. The molecule has 142 valence electrons. The molecule has 1 fully saturated rings. The summed E-state index contributed by atoms with van der Waals surface area (Å²) >= 11 is 0. The highest BCUT2D eigenvalue weighted by Gasteiger charge is 2.47. The van der Waals surface area contributed by atoms with Gasteiger partial charge in [0, 0.05) is 11.1 Å². The Morgan fingerprint density at radius 2 is 2.00 bits per heavy atom. The number of rotatable bonds is 2. The monoisotopic (exact) mass is 362 g/mol. The second kappa shape index (κ2) is 8.01. The molecule has 1 heterocycles. The van der Waals surface area contributed by atoms with Gasteiger partial charge in [-0.15, -0.1) is 0 Å². The Morgan fingerprint density at radius 1 is 1.35 bits per heavy atom. The van der Waals surface area contributed by atoms with Gasteiger partial charge < -0.3 is 19.7 Å². The molecule has 26 heavy (non-hydrogen) atoms. The number of esters is 2. The molecule has 2 N–H and O–H groups in total. The molecule has 0 amide bonds. The molecule has 0 aromatic carbocycles. The van der Waals surface area contributed by atoms with Gasteiger partial charge in [-0.1, -0.05) is 18.7 Å². The van der Waals surface area contributed by atoms with Crippen LogP contribution in [0, 0.1) is 5.92 Å². The maximum Gasteiger partial charge on any atom is 0.334 e. The molecule has 0 radical (unpaired) electrons. The largest absolute Gasteiger partial charge is 0.455 e. The number of ether oxygens (including phenoxy) is 2. The first kappa shape index (κ1) is 20.1. The predicted molar refractivity (Wildman–Crippen MR) is 96.0 cm³/mol. The van der Waals surface area contributed by atoms with Crippen molar-refractivity contribution in [2.24, 2.45) is 5.92 Å². The van der Waals surface area contributed by atoms with Gasteiger partial charge in [0.1, 0.15) is 18.3 Å². The van der Waals surface area contributed by atoms with E-state index in [0.717, 1.165) is 0 Å². The molecule has 1 saturated heterocycles. The van der Waals surface area contributed by atoms with Crippen molar-refractivity contribution in [2.75, 3.05) is 0 Å². The number of fused-ring (bicyclic) bond motifs is 1. The predicted octanol–water partition coefficient (Wildman–Crippen LogP) is 1.98. The molecule has 0 saturated carbocycles. The van der Waals surface area contributed by atoms with Crippen LogP contribution >= 0.6 is 0 Å². The molecule has 0 bridgehead atoms. The van der Waals surface area contributed by atoms with E-state index in [1.54, 1.807) is 45.9 Å². The summed E-state index contributed by atoms with van der Waals surface area (Å²) in [5, 5.41) is 21.0. The fraction of sp³-hybridized carbons (Fsp3) is 0.500. The third kappa shape index (κ3) is 3.97. The van der Waals surface area contributed by atoms with Crippen LogP contribution in [-0.4, -0.2) is 46.6 Å². The third-order valence-electron chi connectivity index (χ3n) is 5.01. The highest BCUT2D eigenvalue weighted by molar-refractivity contribution is 5.92. The molecule has 5 atom stereocenters. The Bertz CT molecular complexity index is 699. The number of aliphatic hydroxyl groups is 2. The van der Waals surface area contributed by atoms with Crippen LogP contribution in [0.25, 0.3) is 0 Å². The summed E-state index contributed by atoms with van der Waals surface area (Å²) in [5.41, 5.74) is 1.71. The summed E-state index contributed by atoms with van der Waals surface area (Å²) in [6.07, 6.45) is 1.54. The summed E-state index contributed by atoms with van der Waals surface area (Å²) in [6.45, 7) is 10.5. The molecular formula is C20H26O6. The summed E-state index contributed by atoms with van der Waals surface area (Å²) in [6, 6.07) is 0. The van der Waals surface area contributed by atoms with E-state index in [-0.39, 0.29) is 5.57 Å². The fourth-order valence-corrected chi connectivity index (χ4v) is 3.03. The lowest BCUT2D eigenvalue weighted by Gasteiger charge is -2.31. The van der Waals surface area contributed by atoms with E-state index in [1.807, 2.05) is 0 Å². The summed E-state index contributed by atoms with van der Waals surface area (Å²) < 4.78 is 10.9. The van der Waals surface area contributed by atoms with E-state index < -0.39 is 42.3 Å². The van der Waals surface area contributed by atoms with Crippen molar-refractivity contribution < 1.29 is 29.3 Å². The lowest BCUT2D eigenvalue weighted by Crippen LogP contribution is -2.42. The highest BCUT2D eigenvalue weighted by Crippen LogP contribution is 2.36. The molecule has 1 aliphatic heterocycles. The average Bonchev–Trinajstić information content (AvgIpc) is 2.88. The van der Waals surface area contributed by atoms with Crippen LogP contribution in [0.4, 0.5) is 0 Å². The second-order valence-electron chi connectivity index (χ2n) is 6.82. The van der Waals surface area contributed by atoms with Crippen LogP contribution in [0.15, 0.2) is 47.1 Å². The van der Waals surface area contributed by atoms with Gasteiger partial charge >= 0.3 is 11.9 Å². The van der Waals surface area contributed by atoms with Crippen LogP contribution in [0.1, 0.15) is 34.1 Å². The zero-order valence-corrected chi connectivity index (χ0v) is 15.6. The van der Waals surface area contributed by atoms with Crippen molar-refractivity contribution in [2.45, 2.75) is 58.5 Å². The van der Waals surface area contributed by atoms with E-state index in [4.69, 9.17) is 9.47 Å². The molecule has 6 nitrogen and oxygen atoms in total. The minimum absolute atomic E-state index is 0.136. The number of hydrogen-bond donors (Lipinski definition) is 2. The number of carbonyl (C=O) groups excluding carboxylic acids is 2. The minimum atomic E-state index is -1.15. The molecule has 1 aliphatic carbocycles. The first-order valence-electron chi connectivity index (χ1n) is 8.62. The zero-order chi connectivity index (χ0) is 19.6. The lowest BCUT2D eigenvalue weighted by atomic mass is 9.83. The van der Waals surface area contributed by atoms with Crippen LogP contribution in [0.2, 0.25) is 0 Å². The van der Waals surface area contributed by atoms with E-state index in [2.05, 4.69) is 6.58 Å². The van der Waals surface area contributed by atoms with Crippen LogP contribution in [-0.2, 0) is 19.1 Å². The van der Waals surface area contributed by atoms with Crippen molar-refractivity contribution in [3.63, 3.8) is 0 Å². The van der Waals surface area contributed by atoms with Crippen LogP contribution in [0.3, 0.4) is 0 Å². The van der Waals surface area contributed by atoms with Gasteiger partial charge in [-0.25, -0.2) is 9.59 Å². The number of hydrogen-bond acceptors (Lipinski definition) is 6. The maximum absolute atomic E-state index is 12.3. The van der Waals surface area contributed by atoms with Crippen molar-refractivity contribution >= 4 is 11.9 Å². The summed E-state index contributed by atoms with van der Waals surface area (Å²) in [4.78, 5) is 24.4. The quantitative estimate of drug-likeness (QED) is 0.443. The van der Waals surface area contributed by atoms with Gasteiger partial charge in [0.15, 0.2) is 0 Å². The third-order valence-corrected chi connectivity index (χ3v) is 5.01. The smallest absolute Gasteiger partial charge is 0.334 e. The fourth-order valence-electron chi connectivity index (χ4n) is 3.03. The van der Waals surface area contributed by atoms with Gasteiger partial charge in [-0.3, -0.25) is 0 Å². The Hall–Kier alpha value is -2.18. The summed E-state index contributed by atoms with van der Waals surface area (Å²) in [5.74, 6) is -1.92. The van der Waals surface area contributed by atoms with Gasteiger partial charge in [0.2, 0.25) is 0 Å². The number of aliphatic hydroxyl groups excluding tert-OH is 2. The van der Waals surface area contributed by atoms with Gasteiger partial charge in [0.25, 0.3) is 0 Å². The van der Waals surface area contributed by atoms with E-state index in [0.29, 0.717) is 23.1 Å². The van der Waals surface area contributed by atoms with Gasteiger partial charge in [-0.2, -0.15) is 0 Å². The minimum Gasteiger partial charge on any atom is -0.455 e. The highest BCUT2D eigenvalue weighted by atomic mass is 16.6. The van der Waals surface area contributed by atoms with Crippen molar-refractivity contribution in [3.8, 4) is 0 Å². The molecular weight excluding hydrogens is 336 g/mol. The average molecular weight is 362 g/mol. The molecule has 6 heteroatoms. The Balaban J connectivity index is 2.51. The van der Waals surface area contributed by atoms with Crippen LogP contribution < -0.4 is 0 Å². The maximum atomic E-state index is 12.3. The Kier molecular flexibility index (Phi) is 6.21. The van der Waals surface area contributed by atoms with Gasteiger partial charge in [-0.05, 0) is 51.3 Å². The van der Waals surface area contributed by atoms with Crippen molar-refractivity contribution in [1.29, 1.82) is 0 Å². The molecule has 0 aromatic rings. The Morgan fingerprint density at radius 3 is 2.62 bits per heavy atom. The van der Waals surface area contributed by atoms with E-state index in [9.17, 15) is 19.8 Å². The zero-order valence-electron chi connectivity index (χ0n) is 15.6. The molecule has 2 rings (SSSR count). The van der Waals surface area contributed by atoms with Crippen LogP contribution in [0.5, 0.6) is 0 Å². The van der Waals surface area contributed by atoms with E-state index >= 15 is 0 Å². The van der Waals surface area contributed by atoms with Crippen molar-refractivity contribution in [1.82, 2.24) is 0 Å². The Labute approximate surface area is 153 Å². The molecule has 0 unspecified atom stereocenters. The number of allylic oxidation sites excluding steroid dienone is 1. The first-order valence-corrected chi connectivity index (χ1v) is 8.62. The van der Waals surface area contributed by atoms with E-state index in [1.165, 1.54) is 0 Å². The molecule has 0 spiro atoms. The lowest BCUT2D eigenvalue weighted by molar-refractivity contribution is -0.153. The topological polar surface area (TPSA) is 93.1 Å². The summed E-state index contributed by atoms with van der Waals surface area (Å²) in [7, 11) is 0. The van der Waals surface area contributed by atoms with Gasteiger partial charge in [0.05, 0.1) is 12.0 Å². The second-order valence-corrected chi connectivity index (χ2v) is 6.82. The number of carbonyl (C=O) groups is 2.